The molecule has 0 aliphatic carbocycles. The predicted octanol–water partition coefficient (Wildman–Crippen LogP) is 6.41. The molecule has 2 aromatic carbocycles. The van der Waals surface area contributed by atoms with Crippen molar-refractivity contribution in [2.45, 2.75) is 39.8 Å². The lowest BCUT2D eigenvalue weighted by atomic mass is 10.0. The second-order valence-electron chi connectivity index (χ2n) is 8.30. The number of nitrogens with one attached hydrogen (secondary N) is 1. The van der Waals surface area contributed by atoms with Crippen LogP contribution >= 0.6 is 0 Å². The summed E-state index contributed by atoms with van der Waals surface area (Å²) in [4.78, 5) is 17.4. The van der Waals surface area contributed by atoms with Gasteiger partial charge in [0.25, 0.3) is 5.91 Å². The smallest absolute Gasteiger partial charge is 0.322 e. The molecule has 8 heteroatoms. The van der Waals surface area contributed by atoms with Crippen molar-refractivity contribution in [1.29, 1.82) is 0 Å². The molecule has 0 saturated heterocycles. The highest BCUT2D eigenvalue weighted by Gasteiger charge is 2.36. The van der Waals surface area contributed by atoms with Gasteiger partial charge >= 0.3 is 6.18 Å². The van der Waals surface area contributed by atoms with Crippen LogP contribution in [0.1, 0.15) is 52.5 Å². The molecular formula is C25H23F3N4O. The largest absolute Gasteiger partial charge is 0.433 e. The summed E-state index contributed by atoms with van der Waals surface area (Å²) in [7, 11) is 0. The molecule has 0 aliphatic heterocycles. The van der Waals surface area contributed by atoms with Crippen molar-refractivity contribution >= 4 is 17.2 Å². The molecule has 4 rings (SSSR count). The van der Waals surface area contributed by atoms with Gasteiger partial charge in [-0.2, -0.15) is 18.3 Å². The first kappa shape index (κ1) is 22.5. The van der Waals surface area contributed by atoms with Gasteiger partial charge in [-0.15, -0.1) is 0 Å². The lowest BCUT2D eigenvalue weighted by Gasteiger charge is -2.13. The van der Waals surface area contributed by atoms with Gasteiger partial charge in [-0.05, 0) is 48.6 Å². The first-order valence-corrected chi connectivity index (χ1v) is 10.5. The van der Waals surface area contributed by atoms with Crippen molar-refractivity contribution in [3.8, 4) is 11.3 Å². The van der Waals surface area contributed by atoms with Crippen LogP contribution in [0.5, 0.6) is 0 Å². The molecule has 0 unspecified atom stereocenters. The first-order chi connectivity index (χ1) is 15.6. The van der Waals surface area contributed by atoms with Gasteiger partial charge in [0.05, 0.1) is 11.9 Å². The zero-order valence-corrected chi connectivity index (χ0v) is 18.7. The number of carbonyl (C=O) groups is 1. The fourth-order valence-electron chi connectivity index (χ4n) is 3.59. The zero-order valence-electron chi connectivity index (χ0n) is 18.7. The maximum atomic E-state index is 13.8. The molecule has 0 fully saturated rings. The molecule has 2 heterocycles. The average Bonchev–Trinajstić information content (AvgIpc) is 3.19. The number of alkyl halides is 3. The zero-order chi connectivity index (χ0) is 23.9. The molecule has 170 valence electrons. The number of aromatic nitrogens is 3. The van der Waals surface area contributed by atoms with E-state index in [2.05, 4.69) is 15.4 Å². The van der Waals surface area contributed by atoms with Crippen molar-refractivity contribution in [1.82, 2.24) is 14.6 Å². The van der Waals surface area contributed by atoms with Crippen molar-refractivity contribution in [2.75, 3.05) is 5.32 Å². The molecule has 0 bridgehead atoms. The van der Waals surface area contributed by atoms with Crippen LogP contribution in [0, 0.1) is 13.8 Å². The SMILES string of the molecule is Cc1cccc(NC(=O)c2cnn3c(C(F)(F)F)cc(-c4ccc(C(C)C)cc4)nc23)c1C. The van der Waals surface area contributed by atoms with Gasteiger partial charge in [-0.3, -0.25) is 4.79 Å². The van der Waals surface area contributed by atoms with E-state index in [1.54, 1.807) is 24.3 Å². The van der Waals surface area contributed by atoms with Crippen LogP contribution in [0.3, 0.4) is 0 Å². The number of halogens is 3. The van der Waals surface area contributed by atoms with Gasteiger partial charge in [0.2, 0.25) is 0 Å². The summed E-state index contributed by atoms with van der Waals surface area (Å²) in [6.07, 6.45) is -3.57. The Kier molecular flexibility index (Phi) is 5.69. The van der Waals surface area contributed by atoms with Crippen molar-refractivity contribution in [3.05, 3.63) is 82.7 Å². The van der Waals surface area contributed by atoms with E-state index in [-0.39, 0.29) is 22.8 Å². The second-order valence-corrected chi connectivity index (χ2v) is 8.30. The van der Waals surface area contributed by atoms with Crippen LogP contribution in [-0.2, 0) is 6.18 Å². The third-order valence-corrected chi connectivity index (χ3v) is 5.73. The summed E-state index contributed by atoms with van der Waals surface area (Å²) in [6, 6.07) is 13.6. The molecular weight excluding hydrogens is 429 g/mol. The number of nitrogens with zero attached hydrogens (tertiary/aromatic N) is 3. The van der Waals surface area contributed by atoms with Gasteiger partial charge in [0.15, 0.2) is 11.3 Å². The summed E-state index contributed by atoms with van der Waals surface area (Å²) >= 11 is 0. The number of hydrogen-bond acceptors (Lipinski definition) is 3. The number of benzene rings is 2. The average molecular weight is 452 g/mol. The van der Waals surface area contributed by atoms with E-state index in [1.165, 1.54) is 0 Å². The van der Waals surface area contributed by atoms with Crippen LogP contribution in [0.2, 0.25) is 0 Å². The van der Waals surface area contributed by atoms with E-state index >= 15 is 0 Å². The van der Waals surface area contributed by atoms with Crippen molar-refractivity contribution < 1.29 is 18.0 Å². The molecule has 0 atom stereocenters. The van der Waals surface area contributed by atoms with E-state index in [1.807, 2.05) is 45.9 Å². The molecule has 0 saturated carbocycles. The van der Waals surface area contributed by atoms with Gasteiger partial charge < -0.3 is 5.32 Å². The highest BCUT2D eigenvalue weighted by Crippen LogP contribution is 2.33. The Morgan fingerprint density at radius 1 is 1.06 bits per heavy atom. The number of hydrogen-bond donors (Lipinski definition) is 1. The highest BCUT2D eigenvalue weighted by molar-refractivity contribution is 6.08. The minimum absolute atomic E-state index is 0.0398. The topological polar surface area (TPSA) is 59.3 Å². The minimum Gasteiger partial charge on any atom is -0.322 e. The van der Waals surface area contributed by atoms with Gasteiger partial charge in [-0.25, -0.2) is 9.50 Å². The van der Waals surface area contributed by atoms with E-state index in [0.29, 0.717) is 15.8 Å². The molecule has 1 N–H and O–H groups in total. The molecule has 33 heavy (non-hydrogen) atoms. The number of amides is 1. The Balaban J connectivity index is 1.83. The van der Waals surface area contributed by atoms with Crippen LogP contribution in [0.4, 0.5) is 18.9 Å². The van der Waals surface area contributed by atoms with Crippen LogP contribution in [-0.4, -0.2) is 20.5 Å². The molecule has 4 aromatic rings. The summed E-state index contributed by atoms with van der Waals surface area (Å²) in [5.41, 5.74) is 2.94. The Bertz CT molecular complexity index is 1340. The number of fused-ring (bicyclic) bond motifs is 1. The second kappa shape index (κ2) is 8.35. The Morgan fingerprint density at radius 3 is 2.39 bits per heavy atom. The highest BCUT2D eigenvalue weighted by atomic mass is 19.4. The molecule has 2 aromatic heterocycles. The number of anilines is 1. The Morgan fingerprint density at radius 2 is 1.76 bits per heavy atom. The van der Waals surface area contributed by atoms with Crippen LogP contribution < -0.4 is 5.32 Å². The molecule has 1 amide bonds. The number of rotatable bonds is 4. The predicted molar refractivity (Wildman–Crippen MR) is 121 cm³/mol. The summed E-state index contributed by atoms with van der Waals surface area (Å²) in [5.74, 6) is -0.290. The van der Waals surface area contributed by atoms with Crippen LogP contribution in [0.25, 0.3) is 16.9 Å². The Hall–Kier alpha value is -3.68. The third kappa shape index (κ3) is 4.33. The van der Waals surface area contributed by atoms with E-state index in [9.17, 15) is 18.0 Å². The molecule has 0 radical (unpaired) electrons. The maximum absolute atomic E-state index is 13.8. The maximum Gasteiger partial charge on any atom is 0.433 e. The molecule has 0 spiro atoms. The van der Waals surface area contributed by atoms with Gasteiger partial charge in [0, 0.05) is 11.3 Å². The minimum atomic E-state index is -4.68. The quantitative estimate of drug-likeness (QED) is 0.389. The van der Waals surface area contributed by atoms with E-state index < -0.39 is 17.8 Å². The normalized spacial score (nSPS) is 11.9. The van der Waals surface area contributed by atoms with Crippen LogP contribution in [0.15, 0.2) is 54.7 Å². The molecule has 5 nitrogen and oxygen atoms in total. The van der Waals surface area contributed by atoms with Gasteiger partial charge in [-0.1, -0.05) is 50.2 Å². The number of carbonyl (C=O) groups excluding carboxylic acids is 1. The summed E-state index contributed by atoms with van der Waals surface area (Å²) < 4.78 is 42.2. The fraction of sp³-hybridized carbons (Fsp3) is 0.240. The summed E-state index contributed by atoms with van der Waals surface area (Å²) in [6.45, 7) is 7.84. The Labute approximate surface area is 189 Å². The van der Waals surface area contributed by atoms with Crippen molar-refractivity contribution in [2.24, 2.45) is 0 Å². The molecule has 0 aliphatic rings. The lowest BCUT2D eigenvalue weighted by molar-refractivity contribution is -0.142. The van der Waals surface area contributed by atoms with Gasteiger partial charge in [0.1, 0.15) is 5.56 Å². The first-order valence-electron chi connectivity index (χ1n) is 10.5. The van der Waals surface area contributed by atoms with E-state index in [0.717, 1.165) is 29.0 Å². The van der Waals surface area contributed by atoms with E-state index in [4.69, 9.17) is 0 Å². The lowest BCUT2D eigenvalue weighted by Crippen LogP contribution is -2.16. The third-order valence-electron chi connectivity index (χ3n) is 5.73. The standard InChI is InChI=1S/C25H23F3N4O/c1-14(2)17-8-10-18(11-9-17)21-12-22(25(26,27)28)32-23(30-21)19(13-29-32)24(33)31-20-7-5-6-15(3)16(20)4/h5-14H,1-4H3,(H,31,33). The summed E-state index contributed by atoms with van der Waals surface area (Å²) in [5, 5.41) is 6.60. The monoisotopic (exact) mass is 452 g/mol. The fourth-order valence-corrected chi connectivity index (χ4v) is 3.59. The van der Waals surface area contributed by atoms with Crippen molar-refractivity contribution in [3.63, 3.8) is 0 Å². The number of aryl methyl sites for hydroxylation is 1.